The largest absolute Gasteiger partial charge is 0.394 e. The van der Waals surface area contributed by atoms with Gasteiger partial charge in [0.05, 0.1) is 30.0 Å². The number of rotatable bonds is 7. The molecule has 2 rings (SSSR count). The fourth-order valence-electron chi connectivity index (χ4n) is 2.10. The number of fused-ring (bicyclic) bond motifs is 1. The highest BCUT2D eigenvalue weighted by molar-refractivity contribution is 5.98. The molecule has 0 bridgehead atoms. The van der Waals surface area contributed by atoms with Crippen LogP contribution in [0.25, 0.3) is 10.9 Å². The highest BCUT2D eigenvalue weighted by atomic mass is 19.1. The lowest BCUT2D eigenvalue weighted by atomic mass is 10.1. The minimum Gasteiger partial charge on any atom is -0.394 e. The van der Waals surface area contributed by atoms with Gasteiger partial charge in [0.15, 0.2) is 0 Å². The molecule has 0 aliphatic heterocycles. The topological polar surface area (TPSA) is 71.5 Å². The predicted octanol–water partition coefficient (Wildman–Crippen LogP) is 1.81. The van der Waals surface area contributed by atoms with E-state index in [1.165, 1.54) is 12.1 Å². The Labute approximate surface area is 128 Å². The van der Waals surface area contributed by atoms with Gasteiger partial charge in [0, 0.05) is 24.6 Å². The molecule has 0 saturated carbocycles. The summed E-state index contributed by atoms with van der Waals surface area (Å²) in [5.74, 6) is -0.558. The summed E-state index contributed by atoms with van der Waals surface area (Å²) >= 11 is 0. The van der Waals surface area contributed by atoms with E-state index in [4.69, 9.17) is 9.84 Å². The molecule has 5 nitrogen and oxygen atoms in total. The zero-order valence-corrected chi connectivity index (χ0v) is 12.4. The third-order valence-electron chi connectivity index (χ3n) is 3.20. The Morgan fingerprint density at radius 3 is 2.95 bits per heavy atom. The fourth-order valence-corrected chi connectivity index (χ4v) is 2.10. The maximum absolute atomic E-state index is 13.2. The van der Waals surface area contributed by atoms with Gasteiger partial charge in [-0.25, -0.2) is 4.39 Å². The van der Waals surface area contributed by atoms with Gasteiger partial charge in [-0.05, 0) is 31.5 Å². The van der Waals surface area contributed by atoms with Crippen LogP contribution in [0.4, 0.5) is 4.39 Å². The normalized spacial score (nSPS) is 10.9. The van der Waals surface area contributed by atoms with Crippen molar-refractivity contribution in [3.05, 3.63) is 41.3 Å². The highest BCUT2D eigenvalue weighted by Gasteiger charge is 2.11. The van der Waals surface area contributed by atoms with Crippen LogP contribution in [-0.2, 0) is 4.74 Å². The van der Waals surface area contributed by atoms with E-state index in [9.17, 15) is 9.18 Å². The summed E-state index contributed by atoms with van der Waals surface area (Å²) < 4.78 is 18.3. The van der Waals surface area contributed by atoms with Crippen molar-refractivity contribution in [2.75, 3.05) is 26.4 Å². The van der Waals surface area contributed by atoms with Gasteiger partial charge >= 0.3 is 0 Å². The molecule has 0 aliphatic carbocycles. The van der Waals surface area contributed by atoms with Crippen LogP contribution in [-0.4, -0.2) is 42.4 Å². The molecule has 2 aromatic rings. The van der Waals surface area contributed by atoms with Crippen LogP contribution in [0.15, 0.2) is 24.3 Å². The molecule has 118 valence electrons. The standard InChI is InChI=1S/C16H19FN2O3/c1-11-14(16(21)18-5-2-7-22-8-6-20)9-12-3-4-13(17)10-15(12)19-11/h3-4,9-10,20H,2,5-8H2,1H3,(H,18,21). The number of carbonyl (C=O) groups excluding carboxylic acids is 1. The Hall–Kier alpha value is -2.05. The van der Waals surface area contributed by atoms with Gasteiger partial charge in [0.2, 0.25) is 0 Å². The van der Waals surface area contributed by atoms with Crippen molar-refractivity contribution >= 4 is 16.8 Å². The predicted molar refractivity (Wildman–Crippen MR) is 81.3 cm³/mol. The maximum atomic E-state index is 13.2. The Bertz CT molecular complexity index is 661. The van der Waals surface area contributed by atoms with Gasteiger partial charge in [-0.2, -0.15) is 0 Å². The lowest BCUT2D eigenvalue weighted by molar-refractivity contribution is 0.0867. The number of halogens is 1. The first-order valence-electron chi connectivity index (χ1n) is 7.15. The quantitative estimate of drug-likeness (QED) is 0.765. The van der Waals surface area contributed by atoms with E-state index < -0.39 is 0 Å². The van der Waals surface area contributed by atoms with Gasteiger partial charge in [-0.1, -0.05) is 0 Å². The number of ether oxygens (including phenoxy) is 1. The van der Waals surface area contributed by atoms with Crippen LogP contribution in [0, 0.1) is 12.7 Å². The van der Waals surface area contributed by atoms with E-state index in [1.54, 1.807) is 19.1 Å². The molecule has 1 amide bonds. The van der Waals surface area contributed by atoms with Crippen LogP contribution < -0.4 is 5.32 Å². The molecule has 0 unspecified atom stereocenters. The second kappa shape index (κ2) is 7.82. The average molecular weight is 306 g/mol. The zero-order chi connectivity index (χ0) is 15.9. The fraction of sp³-hybridized carbons (Fsp3) is 0.375. The van der Waals surface area contributed by atoms with Crippen molar-refractivity contribution < 1.29 is 19.0 Å². The summed E-state index contributed by atoms with van der Waals surface area (Å²) in [5.41, 5.74) is 1.58. The summed E-state index contributed by atoms with van der Waals surface area (Å²) in [5, 5.41) is 12.1. The van der Waals surface area contributed by atoms with Gasteiger partial charge in [-0.3, -0.25) is 9.78 Å². The summed E-state index contributed by atoms with van der Waals surface area (Å²) in [7, 11) is 0. The second-order valence-electron chi connectivity index (χ2n) is 4.90. The molecular formula is C16H19FN2O3. The number of hydrogen-bond acceptors (Lipinski definition) is 4. The number of pyridine rings is 1. The van der Waals surface area contributed by atoms with Crippen molar-refractivity contribution in [1.82, 2.24) is 10.3 Å². The smallest absolute Gasteiger partial charge is 0.253 e. The van der Waals surface area contributed by atoms with Gasteiger partial charge in [0.25, 0.3) is 5.91 Å². The first-order chi connectivity index (χ1) is 10.6. The molecular weight excluding hydrogens is 287 g/mol. The zero-order valence-electron chi connectivity index (χ0n) is 12.4. The lowest BCUT2D eigenvalue weighted by Crippen LogP contribution is -2.26. The Balaban J connectivity index is 1.99. The van der Waals surface area contributed by atoms with Crippen LogP contribution in [0.2, 0.25) is 0 Å². The summed E-state index contributed by atoms with van der Waals surface area (Å²) in [6.07, 6.45) is 0.664. The highest BCUT2D eigenvalue weighted by Crippen LogP contribution is 2.17. The monoisotopic (exact) mass is 306 g/mol. The molecule has 0 fully saturated rings. The molecule has 22 heavy (non-hydrogen) atoms. The SMILES string of the molecule is Cc1nc2cc(F)ccc2cc1C(=O)NCCCOCCO. The second-order valence-corrected chi connectivity index (χ2v) is 4.90. The van der Waals surface area contributed by atoms with E-state index in [0.717, 1.165) is 5.39 Å². The van der Waals surface area contributed by atoms with Crippen molar-refractivity contribution in [2.24, 2.45) is 0 Å². The summed E-state index contributed by atoms with van der Waals surface area (Å²) in [6, 6.07) is 6.02. The number of nitrogens with zero attached hydrogens (tertiary/aromatic N) is 1. The van der Waals surface area contributed by atoms with E-state index in [1.807, 2.05) is 0 Å². The average Bonchev–Trinajstić information content (AvgIpc) is 2.49. The van der Waals surface area contributed by atoms with Crippen molar-refractivity contribution in [3.8, 4) is 0 Å². The number of benzene rings is 1. The molecule has 0 atom stereocenters. The van der Waals surface area contributed by atoms with Crippen molar-refractivity contribution in [3.63, 3.8) is 0 Å². The number of amides is 1. The first kappa shape index (κ1) is 16.3. The van der Waals surface area contributed by atoms with Crippen LogP contribution in [0.3, 0.4) is 0 Å². The van der Waals surface area contributed by atoms with E-state index in [-0.39, 0.29) is 18.3 Å². The first-order valence-corrected chi connectivity index (χ1v) is 7.15. The minimum atomic E-state index is -0.348. The van der Waals surface area contributed by atoms with Crippen LogP contribution in [0.5, 0.6) is 0 Å². The van der Waals surface area contributed by atoms with Crippen molar-refractivity contribution in [2.45, 2.75) is 13.3 Å². The third kappa shape index (κ3) is 4.22. The minimum absolute atomic E-state index is 0.00505. The number of aliphatic hydroxyl groups excluding tert-OH is 1. The summed E-state index contributed by atoms with van der Waals surface area (Å²) in [4.78, 5) is 16.4. The number of aliphatic hydroxyl groups is 1. The third-order valence-corrected chi connectivity index (χ3v) is 3.20. The molecule has 0 aliphatic rings. The van der Waals surface area contributed by atoms with E-state index in [0.29, 0.717) is 43.0 Å². The Kier molecular flexibility index (Phi) is 5.80. The molecule has 1 aromatic carbocycles. The molecule has 1 aromatic heterocycles. The number of nitrogens with one attached hydrogen (secondary N) is 1. The molecule has 0 spiro atoms. The number of aromatic nitrogens is 1. The summed E-state index contributed by atoms with van der Waals surface area (Å²) in [6.45, 7) is 2.98. The maximum Gasteiger partial charge on any atom is 0.253 e. The molecule has 6 heteroatoms. The number of hydrogen-bond donors (Lipinski definition) is 2. The lowest BCUT2D eigenvalue weighted by Gasteiger charge is -2.09. The van der Waals surface area contributed by atoms with E-state index >= 15 is 0 Å². The number of aryl methyl sites for hydroxylation is 1. The molecule has 0 radical (unpaired) electrons. The van der Waals surface area contributed by atoms with Crippen LogP contribution >= 0.6 is 0 Å². The van der Waals surface area contributed by atoms with Crippen molar-refractivity contribution in [1.29, 1.82) is 0 Å². The van der Waals surface area contributed by atoms with Gasteiger partial charge in [-0.15, -0.1) is 0 Å². The van der Waals surface area contributed by atoms with E-state index in [2.05, 4.69) is 10.3 Å². The molecule has 2 N–H and O–H groups in total. The molecule has 0 saturated heterocycles. The van der Waals surface area contributed by atoms with Gasteiger partial charge in [0.1, 0.15) is 5.82 Å². The van der Waals surface area contributed by atoms with Gasteiger partial charge < -0.3 is 15.2 Å². The number of carbonyl (C=O) groups is 1. The Morgan fingerprint density at radius 1 is 1.36 bits per heavy atom. The Morgan fingerprint density at radius 2 is 2.18 bits per heavy atom. The van der Waals surface area contributed by atoms with Crippen LogP contribution in [0.1, 0.15) is 22.5 Å². The molecule has 1 heterocycles.